The molecule has 13 heteroatoms. The Kier molecular flexibility index (Phi) is 9.30. The van der Waals surface area contributed by atoms with Gasteiger partial charge in [0, 0.05) is 24.1 Å². The fourth-order valence-electron chi connectivity index (χ4n) is 3.49. The largest absolute Gasteiger partial charge is 0.424 e. The highest BCUT2D eigenvalue weighted by Crippen LogP contribution is 2.39. The second kappa shape index (κ2) is 11.6. The molecule has 2 rings (SSSR count). The summed E-state index contributed by atoms with van der Waals surface area (Å²) in [6.07, 6.45) is -0.638. The van der Waals surface area contributed by atoms with Crippen LogP contribution in [-0.2, 0) is 30.3 Å². The third-order valence-corrected chi connectivity index (χ3v) is 11.2. The number of carbonyl (C=O) groups excluding carboxylic acids is 3. The Labute approximate surface area is 211 Å². The number of carbonyl (C=O) groups is 3. The minimum absolute atomic E-state index is 0.0191. The van der Waals surface area contributed by atoms with Gasteiger partial charge in [0.15, 0.2) is 8.32 Å². The molecular weight excluding hydrogens is 482 g/mol. The zero-order valence-electron chi connectivity index (χ0n) is 21.7. The predicted octanol–water partition coefficient (Wildman–Crippen LogP) is 3.67. The van der Waals surface area contributed by atoms with Crippen LogP contribution in [0.4, 0.5) is 5.69 Å². The summed E-state index contributed by atoms with van der Waals surface area (Å²) >= 11 is 0. The van der Waals surface area contributed by atoms with E-state index in [0.29, 0.717) is 11.3 Å². The van der Waals surface area contributed by atoms with E-state index >= 15 is 0 Å². The van der Waals surface area contributed by atoms with Gasteiger partial charge in [-0.05, 0) is 36.2 Å². The Morgan fingerprint density at radius 2 is 1.83 bits per heavy atom. The number of rotatable bonds is 11. The van der Waals surface area contributed by atoms with Crippen molar-refractivity contribution in [2.45, 2.75) is 71.0 Å². The van der Waals surface area contributed by atoms with Crippen molar-refractivity contribution >= 4 is 37.3 Å². The Morgan fingerprint density at radius 1 is 1.22 bits per heavy atom. The third-order valence-electron chi connectivity index (χ3n) is 6.64. The van der Waals surface area contributed by atoms with Crippen LogP contribution < -0.4 is 5.32 Å². The number of nitrogens with one attached hydrogen (secondary N) is 1. The maximum atomic E-state index is 12.8. The summed E-state index contributed by atoms with van der Waals surface area (Å²) in [6.45, 7) is 12.3. The summed E-state index contributed by atoms with van der Waals surface area (Å²) in [5.41, 5.74) is 18.2. The van der Waals surface area contributed by atoms with Gasteiger partial charge in [-0.2, -0.15) is 4.79 Å². The van der Waals surface area contributed by atoms with Crippen LogP contribution in [0.3, 0.4) is 0 Å². The van der Waals surface area contributed by atoms with Crippen LogP contribution in [0.1, 0.15) is 39.7 Å². The molecule has 1 saturated heterocycles. The number of hydrogen-bond donors (Lipinski definition) is 1. The normalized spacial score (nSPS) is 18.1. The Bertz CT molecular complexity index is 1100. The lowest BCUT2D eigenvalue weighted by Gasteiger charge is -2.45. The average molecular weight is 516 g/mol. The molecule has 2 amide bonds. The Balaban J connectivity index is 1.98. The molecule has 3 atom stereocenters. The van der Waals surface area contributed by atoms with Gasteiger partial charge in [-0.25, -0.2) is 5.06 Å². The molecule has 1 aliphatic heterocycles. The molecule has 0 saturated carbocycles. The van der Waals surface area contributed by atoms with Crippen molar-refractivity contribution in [1.82, 2.24) is 10.4 Å². The van der Waals surface area contributed by atoms with Crippen molar-refractivity contribution in [1.29, 1.82) is 0 Å². The minimum Gasteiger partial charge on any atom is -0.413 e. The second-order valence-corrected chi connectivity index (χ2v) is 15.0. The highest BCUT2D eigenvalue weighted by atomic mass is 28.4. The van der Waals surface area contributed by atoms with Crippen LogP contribution in [-0.4, -0.2) is 60.7 Å². The van der Waals surface area contributed by atoms with Crippen molar-refractivity contribution in [2.75, 3.05) is 7.05 Å². The van der Waals surface area contributed by atoms with E-state index < -0.39 is 43.8 Å². The first-order valence-electron chi connectivity index (χ1n) is 11.5. The second-order valence-electron chi connectivity index (χ2n) is 10.2. The number of ketones is 1. The smallest absolute Gasteiger partial charge is 0.413 e. The zero-order valence-corrected chi connectivity index (χ0v) is 22.7. The molecule has 194 valence electrons. The van der Waals surface area contributed by atoms with Gasteiger partial charge in [-0.1, -0.05) is 50.2 Å². The van der Waals surface area contributed by atoms with E-state index in [9.17, 15) is 19.9 Å². The van der Waals surface area contributed by atoms with E-state index in [1.54, 1.807) is 24.3 Å². The molecule has 1 aliphatic rings. The average Bonchev–Trinajstić information content (AvgIpc) is 2.77. The molecule has 1 aromatic rings. The number of benzene rings is 1. The maximum absolute atomic E-state index is 12.8. The molecule has 0 aromatic heterocycles. The minimum atomic E-state index is -2.15. The summed E-state index contributed by atoms with van der Waals surface area (Å²) in [5.74, 6) is -2.44. The zero-order chi connectivity index (χ0) is 27.3. The molecule has 36 heavy (non-hydrogen) atoms. The number of hydroxylamine groups is 2. The van der Waals surface area contributed by atoms with Crippen molar-refractivity contribution < 1.29 is 28.4 Å². The van der Waals surface area contributed by atoms with Crippen LogP contribution in [0.25, 0.3) is 16.0 Å². The molecule has 0 unspecified atom stereocenters. The van der Waals surface area contributed by atoms with Crippen LogP contribution in [0, 0.1) is 5.92 Å². The lowest BCUT2D eigenvalue weighted by atomic mass is 9.82. The van der Waals surface area contributed by atoms with Crippen molar-refractivity contribution in [3.8, 4) is 0 Å². The molecule has 1 heterocycles. The van der Waals surface area contributed by atoms with Gasteiger partial charge in [-0.15, -0.1) is 0 Å². The highest BCUT2D eigenvalue weighted by molar-refractivity contribution is 6.74. The first-order chi connectivity index (χ1) is 16.7. The number of amides is 2. The van der Waals surface area contributed by atoms with E-state index in [0.717, 1.165) is 5.06 Å². The number of β-lactam (4-membered cyclic amide) rings is 1. The molecule has 0 aliphatic carbocycles. The maximum Gasteiger partial charge on any atom is 0.424 e. The molecule has 1 N–H and O–H groups in total. The number of Topliss-reactive ketones (excluding diaryl/α,β-unsaturated/α-hetero) is 1. The van der Waals surface area contributed by atoms with Gasteiger partial charge in [0.25, 0.3) is 5.78 Å². The molecule has 0 radical (unpaired) electrons. The predicted molar refractivity (Wildman–Crippen MR) is 134 cm³/mol. The number of hydrogen-bond acceptors (Lipinski definition) is 6. The lowest BCUT2D eigenvalue weighted by Crippen LogP contribution is -2.64. The van der Waals surface area contributed by atoms with Gasteiger partial charge in [-0.3, -0.25) is 19.2 Å². The van der Waals surface area contributed by atoms with Crippen molar-refractivity contribution in [2.24, 2.45) is 11.0 Å². The van der Waals surface area contributed by atoms with Crippen LogP contribution in [0.2, 0.25) is 18.1 Å². The molecule has 0 bridgehead atoms. The van der Waals surface area contributed by atoms with Crippen LogP contribution in [0.5, 0.6) is 0 Å². The van der Waals surface area contributed by atoms with Crippen molar-refractivity contribution in [3.63, 3.8) is 0 Å². The van der Waals surface area contributed by atoms with Gasteiger partial charge in [0.1, 0.15) is 6.61 Å². The Hall–Kier alpha value is -3.34. The molecule has 1 aromatic carbocycles. The standard InChI is InChI=1S/C23H33N7O5Si/c1-14(35-36(6,7)23(2,3)4)19-17(26-21(19)32)12-18(31)20(27-24)22(33)30(5)34-13-15-8-10-16(11-9-15)28-29-25/h8-11,14,17,19H,12-13H2,1-7H3,(H,26,32)/t14-,17-,19-/m1/s1. The fourth-order valence-corrected chi connectivity index (χ4v) is 4.92. The van der Waals surface area contributed by atoms with E-state index in [1.807, 2.05) is 6.92 Å². The van der Waals surface area contributed by atoms with E-state index in [1.165, 1.54) is 7.05 Å². The molecular formula is C23H33N7O5Si. The molecule has 0 spiro atoms. The SMILES string of the molecule is C[C@@H](O[Si](C)(C)C(C)(C)C)[C@H]1C(=O)N[C@@H]1CC(=O)C(=[N+]=[N-])C(=O)N(C)OCc1ccc(N=[N+]=[N-])cc1. The first kappa shape index (κ1) is 28.9. The van der Waals surface area contributed by atoms with E-state index in [4.69, 9.17) is 14.8 Å². The van der Waals surface area contributed by atoms with Gasteiger partial charge in [0.2, 0.25) is 5.91 Å². The molecule has 1 fully saturated rings. The number of nitrogens with zero attached hydrogens (tertiary/aromatic N) is 6. The highest BCUT2D eigenvalue weighted by Gasteiger charge is 2.49. The third kappa shape index (κ3) is 6.87. The summed E-state index contributed by atoms with van der Waals surface area (Å²) in [6, 6.07) is 5.93. The quantitative estimate of drug-likeness (QED) is 0.0691. The van der Waals surface area contributed by atoms with E-state index in [2.05, 4.69) is 54.0 Å². The van der Waals surface area contributed by atoms with Crippen LogP contribution >= 0.6 is 0 Å². The van der Waals surface area contributed by atoms with Gasteiger partial charge in [0.05, 0.1) is 18.1 Å². The van der Waals surface area contributed by atoms with Crippen LogP contribution in [0.15, 0.2) is 29.4 Å². The summed E-state index contributed by atoms with van der Waals surface area (Å²) < 4.78 is 6.32. The summed E-state index contributed by atoms with van der Waals surface area (Å²) in [4.78, 5) is 48.7. The van der Waals surface area contributed by atoms with E-state index in [-0.39, 0.29) is 24.0 Å². The number of azide groups is 1. The molecule has 12 nitrogen and oxygen atoms in total. The lowest BCUT2D eigenvalue weighted by molar-refractivity contribution is -0.178. The summed E-state index contributed by atoms with van der Waals surface area (Å²) in [7, 11) is -0.856. The van der Waals surface area contributed by atoms with Gasteiger partial charge >= 0.3 is 11.6 Å². The fraction of sp³-hybridized carbons (Fsp3) is 0.565. The summed E-state index contributed by atoms with van der Waals surface area (Å²) in [5, 5.41) is 6.91. The van der Waals surface area contributed by atoms with Crippen molar-refractivity contribution in [3.05, 3.63) is 45.8 Å². The topological polar surface area (TPSA) is 170 Å². The Morgan fingerprint density at radius 3 is 2.33 bits per heavy atom. The monoisotopic (exact) mass is 515 g/mol. The first-order valence-corrected chi connectivity index (χ1v) is 14.4. The van der Waals surface area contributed by atoms with Gasteiger partial charge < -0.3 is 15.3 Å².